The van der Waals surface area contributed by atoms with Crippen LogP contribution < -0.4 is 5.32 Å². The molecule has 1 unspecified atom stereocenters. The third kappa shape index (κ3) is 3.56. The fourth-order valence-corrected chi connectivity index (χ4v) is 0.971. The molecule has 0 fully saturated rings. The van der Waals surface area contributed by atoms with Crippen LogP contribution in [0.5, 0.6) is 0 Å². The number of pyridine rings is 1. The van der Waals surface area contributed by atoms with E-state index in [1.54, 1.807) is 19.1 Å². The van der Waals surface area contributed by atoms with Gasteiger partial charge < -0.3 is 10.4 Å². The van der Waals surface area contributed by atoms with Crippen molar-refractivity contribution in [2.45, 2.75) is 25.9 Å². The third-order valence-corrected chi connectivity index (χ3v) is 2.30. The molecule has 0 spiro atoms. The summed E-state index contributed by atoms with van der Waals surface area (Å²) in [6.45, 7) is 4.14. The molecule has 4 nitrogen and oxygen atoms in total. The zero-order valence-corrected chi connectivity index (χ0v) is 8.99. The van der Waals surface area contributed by atoms with Gasteiger partial charge in [-0.1, -0.05) is 6.92 Å². The first kappa shape index (κ1) is 11.5. The van der Waals surface area contributed by atoms with E-state index in [-0.39, 0.29) is 0 Å². The van der Waals surface area contributed by atoms with Crippen LogP contribution in [0, 0.1) is 11.3 Å². The van der Waals surface area contributed by atoms with Crippen LogP contribution in [0.2, 0.25) is 0 Å². The van der Waals surface area contributed by atoms with Gasteiger partial charge in [0.25, 0.3) is 0 Å². The Bertz CT molecular complexity index is 351. The third-order valence-electron chi connectivity index (χ3n) is 2.30. The molecular weight excluding hydrogens is 190 g/mol. The Labute approximate surface area is 89.6 Å². The summed E-state index contributed by atoms with van der Waals surface area (Å²) < 4.78 is 0. The Morgan fingerprint density at radius 2 is 2.33 bits per heavy atom. The summed E-state index contributed by atoms with van der Waals surface area (Å²) in [5.74, 6) is 0.669. The smallest absolute Gasteiger partial charge is 0.126 e. The molecule has 2 N–H and O–H groups in total. The van der Waals surface area contributed by atoms with E-state index in [0.717, 1.165) is 0 Å². The summed E-state index contributed by atoms with van der Waals surface area (Å²) >= 11 is 0. The average Bonchev–Trinajstić information content (AvgIpc) is 2.27. The number of rotatable bonds is 4. The van der Waals surface area contributed by atoms with Gasteiger partial charge in [-0.2, -0.15) is 5.26 Å². The van der Waals surface area contributed by atoms with Gasteiger partial charge in [-0.05, 0) is 25.5 Å². The van der Waals surface area contributed by atoms with Crippen LogP contribution in [-0.4, -0.2) is 22.2 Å². The number of nitriles is 1. The average molecular weight is 205 g/mol. The molecule has 1 atom stereocenters. The fourth-order valence-electron chi connectivity index (χ4n) is 0.971. The van der Waals surface area contributed by atoms with E-state index in [9.17, 15) is 5.11 Å². The Hall–Kier alpha value is -1.60. The second kappa shape index (κ2) is 4.76. The molecule has 1 rings (SSSR count). The number of aliphatic hydroxyl groups is 1. The molecular formula is C11H15N3O. The van der Waals surface area contributed by atoms with E-state index in [0.29, 0.717) is 24.3 Å². The van der Waals surface area contributed by atoms with Crippen molar-refractivity contribution >= 4 is 5.82 Å². The molecule has 4 heteroatoms. The number of nitrogens with zero attached hydrogens (tertiary/aromatic N) is 2. The molecule has 1 aromatic rings. The summed E-state index contributed by atoms with van der Waals surface area (Å²) in [5.41, 5.74) is -0.196. The SMILES string of the molecule is CCC(C)(O)CNc1ccc(C#N)cn1. The van der Waals surface area contributed by atoms with Crippen molar-refractivity contribution < 1.29 is 5.11 Å². The standard InChI is InChI=1S/C11H15N3O/c1-3-11(2,15)8-14-10-5-4-9(6-12)7-13-10/h4-5,7,15H,3,8H2,1-2H3,(H,13,14). The maximum atomic E-state index is 9.74. The predicted molar refractivity (Wildman–Crippen MR) is 58.4 cm³/mol. The van der Waals surface area contributed by atoms with Crippen molar-refractivity contribution in [1.82, 2.24) is 4.98 Å². The first-order valence-corrected chi connectivity index (χ1v) is 4.90. The normalized spacial score (nSPS) is 14.0. The zero-order chi connectivity index (χ0) is 11.3. The Kier molecular flexibility index (Phi) is 3.64. The van der Waals surface area contributed by atoms with Crippen molar-refractivity contribution in [3.05, 3.63) is 23.9 Å². The highest BCUT2D eigenvalue weighted by Gasteiger charge is 2.16. The Morgan fingerprint density at radius 3 is 2.80 bits per heavy atom. The highest BCUT2D eigenvalue weighted by molar-refractivity contribution is 5.39. The van der Waals surface area contributed by atoms with Gasteiger partial charge in [0.2, 0.25) is 0 Å². The molecule has 0 aliphatic heterocycles. The lowest BCUT2D eigenvalue weighted by atomic mass is 10.0. The van der Waals surface area contributed by atoms with Gasteiger partial charge in [-0.15, -0.1) is 0 Å². The van der Waals surface area contributed by atoms with Crippen molar-refractivity contribution in [2.24, 2.45) is 0 Å². The van der Waals surface area contributed by atoms with Crippen LogP contribution in [0.25, 0.3) is 0 Å². The monoisotopic (exact) mass is 205 g/mol. The summed E-state index contributed by atoms with van der Waals surface area (Å²) in [6.07, 6.45) is 2.18. The minimum Gasteiger partial charge on any atom is -0.388 e. The maximum Gasteiger partial charge on any atom is 0.126 e. The fraction of sp³-hybridized carbons (Fsp3) is 0.455. The topological polar surface area (TPSA) is 68.9 Å². The van der Waals surface area contributed by atoms with Gasteiger partial charge in [0.1, 0.15) is 11.9 Å². The quantitative estimate of drug-likeness (QED) is 0.782. The van der Waals surface area contributed by atoms with E-state index in [4.69, 9.17) is 5.26 Å². The predicted octanol–water partition coefficient (Wildman–Crippen LogP) is 1.53. The molecule has 0 radical (unpaired) electrons. The molecule has 0 aromatic carbocycles. The molecule has 0 bridgehead atoms. The van der Waals surface area contributed by atoms with Crippen LogP contribution in [0.1, 0.15) is 25.8 Å². The van der Waals surface area contributed by atoms with Crippen LogP contribution in [0.3, 0.4) is 0 Å². The first-order valence-electron chi connectivity index (χ1n) is 4.90. The van der Waals surface area contributed by atoms with Crippen molar-refractivity contribution in [1.29, 1.82) is 5.26 Å². The van der Waals surface area contributed by atoms with Gasteiger partial charge >= 0.3 is 0 Å². The van der Waals surface area contributed by atoms with Crippen LogP contribution >= 0.6 is 0 Å². The van der Waals surface area contributed by atoms with E-state index in [1.165, 1.54) is 6.20 Å². The molecule has 0 aliphatic carbocycles. The Balaban J connectivity index is 2.56. The van der Waals surface area contributed by atoms with Gasteiger partial charge in [0, 0.05) is 12.7 Å². The first-order chi connectivity index (χ1) is 7.07. The highest BCUT2D eigenvalue weighted by atomic mass is 16.3. The molecule has 1 aromatic heterocycles. The second-order valence-corrected chi connectivity index (χ2v) is 3.75. The molecule has 0 saturated carbocycles. The minimum absolute atomic E-state index is 0.447. The van der Waals surface area contributed by atoms with E-state index >= 15 is 0 Å². The minimum atomic E-state index is -0.727. The van der Waals surface area contributed by atoms with Gasteiger partial charge in [-0.25, -0.2) is 4.98 Å². The summed E-state index contributed by atoms with van der Waals surface area (Å²) in [4.78, 5) is 4.04. The maximum absolute atomic E-state index is 9.74. The molecule has 80 valence electrons. The van der Waals surface area contributed by atoms with Crippen molar-refractivity contribution in [3.8, 4) is 6.07 Å². The number of hydrogen-bond donors (Lipinski definition) is 2. The lowest BCUT2D eigenvalue weighted by molar-refractivity contribution is 0.0696. The number of hydrogen-bond acceptors (Lipinski definition) is 4. The van der Waals surface area contributed by atoms with Crippen LogP contribution in [-0.2, 0) is 0 Å². The van der Waals surface area contributed by atoms with Crippen LogP contribution in [0.15, 0.2) is 18.3 Å². The number of aromatic nitrogens is 1. The Morgan fingerprint density at radius 1 is 1.60 bits per heavy atom. The van der Waals surface area contributed by atoms with E-state index < -0.39 is 5.60 Å². The lowest BCUT2D eigenvalue weighted by Crippen LogP contribution is -2.32. The number of anilines is 1. The van der Waals surface area contributed by atoms with Gasteiger partial charge in [0.15, 0.2) is 0 Å². The van der Waals surface area contributed by atoms with E-state index in [1.807, 2.05) is 13.0 Å². The molecule has 1 heterocycles. The molecule has 0 amide bonds. The largest absolute Gasteiger partial charge is 0.388 e. The lowest BCUT2D eigenvalue weighted by Gasteiger charge is -2.21. The summed E-state index contributed by atoms with van der Waals surface area (Å²) in [5, 5.41) is 21.3. The van der Waals surface area contributed by atoms with Crippen molar-refractivity contribution in [3.63, 3.8) is 0 Å². The second-order valence-electron chi connectivity index (χ2n) is 3.75. The van der Waals surface area contributed by atoms with Gasteiger partial charge in [0.05, 0.1) is 11.2 Å². The molecule has 0 aliphatic rings. The molecule has 0 saturated heterocycles. The number of nitrogens with one attached hydrogen (secondary N) is 1. The summed E-state index contributed by atoms with van der Waals surface area (Å²) in [7, 11) is 0. The zero-order valence-electron chi connectivity index (χ0n) is 8.99. The van der Waals surface area contributed by atoms with Crippen molar-refractivity contribution in [2.75, 3.05) is 11.9 Å². The molecule has 15 heavy (non-hydrogen) atoms. The highest BCUT2D eigenvalue weighted by Crippen LogP contribution is 2.10. The van der Waals surface area contributed by atoms with E-state index in [2.05, 4.69) is 10.3 Å². The summed E-state index contributed by atoms with van der Waals surface area (Å²) in [6, 6.07) is 5.41. The van der Waals surface area contributed by atoms with Crippen LogP contribution in [0.4, 0.5) is 5.82 Å². The van der Waals surface area contributed by atoms with Gasteiger partial charge in [-0.3, -0.25) is 0 Å².